The lowest BCUT2D eigenvalue weighted by Crippen LogP contribution is -2.22. The van der Waals surface area contributed by atoms with Gasteiger partial charge in [-0.15, -0.1) is 0 Å². The average Bonchev–Trinajstić information content (AvgIpc) is 3.00. The van der Waals surface area contributed by atoms with Crippen LogP contribution in [0.5, 0.6) is 0 Å². The van der Waals surface area contributed by atoms with Gasteiger partial charge in [0.25, 0.3) is 0 Å². The van der Waals surface area contributed by atoms with Crippen molar-refractivity contribution in [3.63, 3.8) is 0 Å². The Kier molecular flexibility index (Phi) is 2.83. The number of rotatable bonds is 4. The van der Waals surface area contributed by atoms with Crippen molar-refractivity contribution in [2.24, 2.45) is 11.3 Å². The van der Waals surface area contributed by atoms with Crippen LogP contribution in [0.2, 0.25) is 0 Å². The van der Waals surface area contributed by atoms with E-state index in [9.17, 15) is 5.11 Å². The molecule has 0 amide bonds. The van der Waals surface area contributed by atoms with Gasteiger partial charge in [-0.1, -0.05) is 44.2 Å². The van der Waals surface area contributed by atoms with Crippen LogP contribution in [0.1, 0.15) is 38.2 Å². The van der Waals surface area contributed by atoms with E-state index in [0.717, 1.165) is 0 Å². The molecule has 1 aromatic rings. The van der Waals surface area contributed by atoms with Crippen molar-refractivity contribution in [3.05, 3.63) is 35.9 Å². The lowest BCUT2D eigenvalue weighted by atomic mass is 9.76. The molecule has 2 rings (SSSR count). The quantitative estimate of drug-likeness (QED) is 0.798. The molecule has 0 radical (unpaired) electrons. The Bertz CT molecular complexity index is 311. The molecule has 1 atom stereocenters. The third-order valence-electron chi connectivity index (χ3n) is 3.69. The molecule has 82 valence electrons. The van der Waals surface area contributed by atoms with Crippen LogP contribution in [0.4, 0.5) is 0 Å². The summed E-state index contributed by atoms with van der Waals surface area (Å²) in [5.74, 6) is 1.12. The van der Waals surface area contributed by atoms with Gasteiger partial charge < -0.3 is 5.11 Å². The van der Waals surface area contributed by atoms with E-state index in [2.05, 4.69) is 44.2 Å². The lowest BCUT2D eigenvalue weighted by molar-refractivity contribution is 0.166. The normalized spacial score (nSPS) is 20.3. The van der Waals surface area contributed by atoms with Crippen molar-refractivity contribution >= 4 is 0 Å². The van der Waals surface area contributed by atoms with E-state index in [1.165, 1.54) is 18.4 Å². The molecule has 0 heterocycles. The zero-order valence-electron chi connectivity index (χ0n) is 9.61. The first-order valence-corrected chi connectivity index (χ1v) is 5.85. The van der Waals surface area contributed by atoms with Gasteiger partial charge in [-0.3, -0.25) is 0 Å². The number of hydrogen-bond donors (Lipinski definition) is 1. The number of aliphatic hydroxyl groups is 1. The van der Waals surface area contributed by atoms with Crippen molar-refractivity contribution in [2.45, 2.75) is 32.6 Å². The third kappa shape index (κ3) is 1.93. The van der Waals surface area contributed by atoms with Crippen molar-refractivity contribution in [3.8, 4) is 0 Å². The second-order valence-corrected chi connectivity index (χ2v) is 5.15. The Morgan fingerprint density at radius 3 is 2.20 bits per heavy atom. The minimum atomic E-state index is 0.190. The minimum absolute atomic E-state index is 0.190. The predicted molar refractivity (Wildman–Crippen MR) is 62.8 cm³/mol. The maximum Gasteiger partial charge on any atom is 0.0493 e. The molecule has 1 nitrogen and oxygen atoms in total. The third-order valence-corrected chi connectivity index (χ3v) is 3.69. The van der Waals surface area contributed by atoms with Gasteiger partial charge in [-0.2, -0.15) is 0 Å². The minimum Gasteiger partial charge on any atom is -0.396 e. The smallest absolute Gasteiger partial charge is 0.0493 e. The fraction of sp³-hybridized carbons (Fsp3) is 0.571. The van der Waals surface area contributed by atoms with E-state index in [-0.39, 0.29) is 5.41 Å². The Labute approximate surface area is 92.1 Å². The van der Waals surface area contributed by atoms with E-state index in [1.54, 1.807) is 0 Å². The van der Waals surface area contributed by atoms with Crippen molar-refractivity contribution in [1.29, 1.82) is 0 Å². The first-order chi connectivity index (χ1) is 7.19. The zero-order valence-corrected chi connectivity index (χ0v) is 9.61. The van der Waals surface area contributed by atoms with Crippen molar-refractivity contribution < 1.29 is 5.11 Å². The Morgan fingerprint density at radius 2 is 1.80 bits per heavy atom. The molecule has 0 saturated heterocycles. The van der Waals surface area contributed by atoms with Gasteiger partial charge in [0.2, 0.25) is 0 Å². The maximum absolute atomic E-state index is 9.54. The first kappa shape index (κ1) is 10.7. The standard InChI is InChI=1S/C14H20O/c1-11(2)13(14(10-15)8-9-14)12-6-4-3-5-7-12/h3-7,11,13,15H,8-10H2,1-2H3. The first-order valence-electron chi connectivity index (χ1n) is 5.85. The van der Waals surface area contributed by atoms with Gasteiger partial charge in [0.05, 0.1) is 0 Å². The van der Waals surface area contributed by atoms with Gasteiger partial charge >= 0.3 is 0 Å². The fourth-order valence-corrected chi connectivity index (χ4v) is 2.83. The van der Waals surface area contributed by atoms with E-state index >= 15 is 0 Å². The molecule has 1 aromatic carbocycles. The summed E-state index contributed by atoms with van der Waals surface area (Å²) in [6, 6.07) is 10.6. The lowest BCUT2D eigenvalue weighted by Gasteiger charge is -2.29. The van der Waals surface area contributed by atoms with Crippen molar-refractivity contribution in [2.75, 3.05) is 6.61 Å². The molecule has 0 spiro atoms. The molecule has 1 N–H and O–H groups in total. The van der Waals surface area contributed by atoms with Gasteiger partial charge in [-0.25, -0.2) is 0 Å². The molecule has 1 unspecified atom stereocenters. The second-order valence-electron chi connectivity index (χ2n) is 5.15. The highest BCUT2D eigenvalue weighted by Gasteiger charge is 2.50. The van der Waals surface area contributed by atoms with E-state index in [1.807, 2.05) is 0 Å². The Morgan fingerprint density at radius 1 is 1.20 bits per heavy atom. The Balaban J connectivity index is 2.29. The van der Waals surface area contributed by atoms with Crippen molar-refractivity contribution in [1.82, 2.24) is 0 Å². The largest absolute Gasteiger partial charge is 0.396 e. The number of aliphatic hydroxyl groups excluding tert-OH is 1. The summed E-state index contributed by atoms with van der Waals surface area (Å²) in [6.07, 6.45) is 2.36. The number of hydrogen-bond acceptors (Lipinski definition) is 1. The summed E-state index contributed by atoms with van der Waals surface area (Å²) in [5.41, 5.74) is 1.58. The molecular weight excluding hydrogens is 184 g/mol. The highest BCUT2D eigenvalue weighted by Crippen LogP contribution is 2.58. The molecule has 1 saturated carbocycles. The summed E-state index contributed by atoms with van der Waals surface area (Å²) in [5, 5.41) is 9.54. The van der Waals surface area contributed by atoms with E-state index < -0.39 is 0 Å². The van der Waals surface area contributed by atoms with E-state index in [0.29, 0.717) is 18.4 Å². The summed E-state index contributed by atoms with van der Waals surface area (Å²) in [6.45, 7) is 4.85. The highest BCUT2D eigenvalue weighted by atomic mass is 16.3. The summed E-state index contributed by atoms with van der Waals surface area (Å²) in [4.78, 5) is 0. The van der Waals surface area contributed by atoms with Gasteiger partial charge in [0.1, 0.15) is 0 Å². The van der Waals surface area contributed by atoms with Crippen LogP contribution in [0.25, 0.3) is 0 Å². The average molecular weight is 204 g/mol. The molecule has 1 aliphatic carbocycles. The molecule has 1 aliphatic rings. The van der Waals surface area contributed by atoms with Gasteiger partial charge in [-0.05, 0) is 30.2 Å². The van der Waals surface area contributed by atoms with Crippen LogP contribution in [0, 0.1) is 11.3 Å². The zero-order chi connectivity index (χ0) is 10.9. The van der Waals surface area contributed by atoms with Gasteiger partial charge in [0, 0.05) is 12.0 Å². The van der Waals surface area contributed by atoms with Crippen LogP contribution in [0.3, 0.4) is 0 Å². The summed E-state index contributed by atoms with van der Waals surface area (Å²) in [7, 11) is 0. The van der Waals surface area contributed by atoms with Crippen LogP contribution in [0.15, 0.2) is 30.3 Å². The Hall–Kier alpha value is -0.820. The van der Waals surface area contributed by atoms with Crippen LogP contribution in [-0.4, -0.2) is 11.7 Å². The molecule has 0 aliphatic heterocycles. The SMILES string of the molecule is CC(C)C(c1ccccc1)C1(CO)CC1. The topological polar surface area (TPSA) is 20.2 Å². The molecule has 1 heteroatoms. The number of benzene rings is 1. The van der Waals surface area contributed by atoms with Gasteiger partial charge in [0.15, 0.2) is 0 Å². The highest BCUT2D eigenvalue weighted by molar-refractivity contribution is 5.25. The molecule has 0 bridgehead atoms. The molecule has 1 fully saturated rings. The molecule has 15 heavy (non-hydrogen) atoms. The van der Waals surface area contributed by atoms with E-state index in [4.69, 9.17) is 0 Å². The van der Waals surface area contributed by atoms with Crippen LogP contribution >= 0.6 is 0 Å². The predicted octanol–water partition coefficient (Wildman–Crippen LogP) is 3.20. The summed E-state index contributed by atoms with van der Waals surface area (Å²) < 4.78 is 0. The second kappa shape index (κ2) is 3.97. The van der Waals surface area contributed by atoms with Crippen LogP contribution < -0.4 is 0 Å². The maximum atomic E-state index is 9.54. The fourth-order valence-electron chi connectivity index (χ4n) is 2.83. The summed E-state index contributed by atoms with van der Waals surface area (Å²) >= 11 is 0. The van der Waals surface area contributed by atoms with Crippen LogP contribution in [-0.2, 0) is 0 Å². The molecular formula is C14H20O. The molecule has 0 aromatic heterocycles. The monoisotopic (exact) mass is 204 g/mol.